The lowest BCUT2D eigenvalue weighted by Gasteiger charge is -2.21. The lowest BCUT2D eigenvalue weighted by atomic mass is 10.1. The Labute approximate surface area is 127 Å². The largest absolute Gasteiger partial charge is 0.480 e. The average Bonchev–Trinajstić information content (AvgIpc) is 2.41. The van der Waals surface area contributed by atoms with Gasteiger partial charge in [-0.3, -0.25) is 19.2 Å². The van der Waals surface area contributed by atoms with Crippen LogP contribution in [0.25, 0.3) is 0 Å². The summed E-state index contributed by atoms with van der Waals surface area (Å²) in [4.78, 5) is 45.0. The van der Waals surface area contributed by atoms with Crippen LogP contribution in [0, 0.1) is 0 Å². The van der Waals surface area contributed by atoms with Crippen molar-refractivity contribution >= 4 is 36.3 Å². The molecule has 0 aromatic rings. The summed E-state index contributed by atoms with van der Waals surface area (Å²) in [6, 6.07) is -3.16. The molecule has 0 aromatic carbocycles. The van der Waals surface area contributed by atoms with Crippen molar-refractivity contribution in [2.24, 2.45) is 11.5 Å². The van der Waals surface area contributed by atoms with Gasteiger partial charge in [0.15, 0.2) is 0 Å². The Morgan fingerprint density at radius 2 is 1.76 bits per heavy atom. The Morgan fingerprint density at radius 1 is 1.19 bits per heavy atom. The molecule has 0 aliphatic rings. The molecule has 0 heterocycles. The van der Waals surface area contributed by atoms with Gasteiger partial charge in [0.25, 0.3) is 0 Å². The lowest BCUT2D eigenvalue weighted by molar-refractivity contribution is -0.141. The quantitative estimate of drug-likeness (QED) is 0.259. The predicted octanol–water partition coefficient (Wildman–Crippen LogP) is -2.42. The van der Waals surface area contributed by atoms with Crippen molar-refractivity contribution in [3.63, 3.8) is 0 Å². The standard InChI is InChI=1S/C11H20N4O5S/c1-5(11(19)20)14-10(18)7(2-3-8(13)16)15-9(17)6(12)4-21/h5-7,21H,2-4,12H2,1H3,(H2,13,16)(H,14,18)(H,15,17)(H,19,20)/t5-,6-,7-/m0/s1. The van der Waals surface area contributed by atoms with Crippen LogP contribution in [0.2, 0.25) is 0 Å². The molecule has 120 valence electrons. The van der Waals surface area contributed by atoms with E-state index < -0.39 is 41.8 Å². The molecule has 0 rings (SSSR count). The normalized spacial score (nSPS) is 14.6. The molecule has 0 fully saturated rings. The molecular formula is C11H20N4O5S. The predicted molar refractivity (Wildman–Crippen MR) is 77.4 cm³/mol. The molecule has 0 aliphatic heterocycles. The second-order valence-electron chi connectivity index (χ2n) is 4.42. The third-order valence-corrected chi connectivity index (χ3v) is 2.97. The molecule has 3 amide bonds. The maximum Gasteiger partial charge on any atom is 0.325 e. The van der Waals surface area contributed by atoms with Crippen LogP contribution < -0.4 is 22.1 Å². The minimum absolute atomic E-state index is 0.0570. The van der Waals surface area contributed by atoms with Gasteiger partial charge in [-0.1, -0.05) is 0 Å². The van der Waals surface area contributed by atoms with E-state index in [0.29, 0.717) is 0 Å². The maximum absolute atomic E-state index is 11.9. The zero-order valence-corrected chi connectivity index (χ0v) is 12.4. The SMILES string of the molecule is C[C@H](NC(=O)[C@H](CCC(N)=O)NC(=O)[C@@H](N)CS)C(=O)O. The second kappa shape index (κ2) is 9.19. The van der Waals surface area contributed by atoms with Crippen molar-refractivity contribution in [3.8, 4) is 0 Å². The molecule has 21 heavy (non-hydrogen) atoms. The number of carboxylic acid groups (broad SMARTS) is 1. The summed E-state index contributed by atoms with van der Waals surface area (Å²) in [7, 11) is 0. The fraction of sp³-hybridized carbons (Fsp3) is 0.636. The van der Waals surface area contributed by atoms with Crippen LogP contribution in [0.1, 0.15) is 19.8 Å². The van der Waals surface area contributed by atoms with E-state index in [1.165, 1.54) is 6.92 Å². The van der Waals surface area contributed by atoms with Crippen molar-refractivity contribution in [3.05, 3.63) is 0 Å². The van der Waals surface area contributed by atoms with Gasteiger partial charge >= 0.3 is 5.97 Å². The van der Waals surface area contributed by atoms with Gasteiger partial charge in [-0.2, -0.15) is 12.6 Å². The van der Waals surface area contributed by atoms with Gasteiger partial charge in [0.1, 0.15) is 12.1 Å². The first kappa shape index (κ1) is 19.2. The van der Waals surface area contributed by atoms with E-state index in [1.54, 1.807) is 0 Å². The van der Waals surface area contributed by atoms with E-state index in [4.69, 9.17) is 16.6 Å². The molecule has 0 unspecified atom stereocenters. The van der Waals surface area contributed by atoms with Gasteiger partial charge in [0, 0.05) is 12.2 Å². The third kappa shape index (κ3) is 7.51. The Kier molecular flexibility index (Phi) is 8.39. The molecule has 10 heteroatoms. The van der Waals surface area contributed by atoms with Gasteiger partial charge in [0.2, 0.25) is 17.7 Å². The molecule has 0 spiro atoms. The molecule has 0 radical (unpaired) electrons. The van der Waals surface area contributed by atoms with Crippen LogP contribution >= 0.6 is 12.6 Å². The average molecular weight is 320 g/mol. The summed E-state index contributed by atoms with van der Waals surface area (Å²) in [5, 5.41) is 13.3. The van der Waals surface area contributed by atoms with Crippen LogP contribution in [-0.2, 0) is 19.2 Å². The molecule has 9 nitrogen and oxygen atoms in total. The van der Waals surface area contributed by atoms with E-state index in [1.807, 2.05) is 0 Å². The summed E-state index contributed by atoms with van der Waals surface area (Å²) in [6.45, 7) is 1.27. The Balaban J connectivity index is 4.79. The fourth-order valence-corrected chi connectivity index (χ4v) is 1.46. The van der Waals surface area contributed by atoms with Crippen LogP contribution in [0.3, 0.4) is 0 Å². The number of nitrogens with two attached hydrogens (primary N) is 2. The number of hydrogen-bond acceptors (Lipinski definition) is 6. The molecular weight excluding hydrogens is 300 g/mol. The number of thiol groups is 1. The molecule has 0 aliphatic carbocycles. The van der Waals surface area contributed by atoms with E-state index in [-0.39, 0.29) is 18.6 Å². The van der Waals surface area contributed by atoms with Crippen molar-refractivity contribution in [1.29, 1.82) is 0 Å². The first-order valence-electron chi connectivity index (χ1n) is 6.17. The molecule has 7 N–H and O–H groups in total. The highest BCUT2D eigenvalue weighted by atomic mass is 32.1. The number of rotatable bonds is 9. The molecule has 0 saturated carbocycles. The van der Waals surface area contributed by atoms with Crippen molar-refractivity contribution in [1.82, 2.24) is 10.6 Å². The van der Waals surface area contributed by atoms with E-state index in [9.17, 15) is 19.2 Å². The number of hydrogen-bond donors (Lipinski definition) is 6. The summed E-state index contributed by atoms with van der Waals surface area (Å²) < 4.78 is 0. The van der Waals surface area contributed by atoms with Crippen LogP contribution in [0.4, 0.5) is 0 Å². The van der Waals surface area contributed by atoms with Gasteiger partial charge in [0.05, 0.1) is 6.04 Å². The van der Waals surface area contributed by atoms with E-state index in [2.05, 4.69) is 23.3 Å². The molecule has 0 aromatic heterocycles. The first-order valence-corrected chi connectivity index (χ1v) is 6.80. The molecule has 0 saturated heterocycles. The van der Waals surface area contributed by atoms with E-state index >= 15 is 0 Å². The van der Waals surface area contributed by atoms with Gasteiger partial charge in [-0.15, -0.1) is 0 Å². The van der Waals surface area contributed by atoms with Crippen molar-refractivity contribution in [2.45, 2.75) is 37.9 Å². The molecule has 0 bridgehead atoms. The minimum atomic E-state index is -1.23. The monoisotopic (exact) mass is 320 g/mol. The number of carboxylic acids is 1. The van der Waals surface area contributed by atoms with Crippen LogP contribution in [0.5, 0.6) is 0 Å². The van der Waals surface area contributed by atoms with Gasteiger partial charge in [-0.05, 0) is 13.3 Å². The van der Waals surface area contributed by atoms with Crippen molar-refractivity contribution < 1.29 is 24.3 Å². The number of carbonyl (C=O) groups excluding carboxylic acids is 3. The van der Waals surface area contributed by atoms with Crippen LogP contribution in [-0.4, -0.2) is 52.7 Å². The highest BCUT2D eigenvalue weighted by Crippen LogP contribution is 2.00. The fourth-order valence-electron chi connectivity index (χ4n) is 1.29. The molecule has 3 atom stereocenters. The highest BCUT2D eigenvalue weighted by molar-refractivity contribution is 7.80. The van der Waals surface area contributed by atoms with E-state index in [0.717, 1.165) is 0 Å². The Hall–Kier alpha value is -1.81. The summed E-state index contributed by atoms with van der Waals surface area (Å²) in [5.74, 6) is -3.16. The Morgan fingerprint density at radius 3 is 2.19 bits per heavy atom. The lowest BCUT2D eigenvalue weighted by Crippen LogP contribution is -2.54. The third-order valence-electron chi connectivity index (χ3n) is 2.58. The van der Waals surface area contributed by atoms with Crippen LogP contribution in [0.15, 0.2) is 0 Å². The van der Waals surface area contributed by atoms with Gasteiger partial charge in [-0.25, -0.2) is 0 Å². The topological polar surface area (TPSA) is 165 Å². The zero-order chi connectivity index (χ0) is 16.6. The number of carbonyl (C=O) groups is 4. The second-order valence-corrected chi connectivity index (χ2v) is 4.79. The van der Waals surface area contributed by atoms with Crippen molar-refractivity contribution in [2.75, 3.05) is 5.75 Å². The zero-order valence-electron chi connectivity index (χ0n) is 11.5. The Bertz CT molecular complexity index is 417. The number of amides is 3. The number of aliphatic carboxylic acids is 1. The maximum atomic E-state index is 11.9. The number of nitrogens with one attached hydrogen (secondary N) is 2. The highest BCUT2D eigenvalue weighted by Gasteiger charge is 2.26. The minimum Gasteiger partial charge on any atom is -0.480 e. The smallest absolute Gasteiger partial charge is 0.325 e. The summed E-state index contributed by atoms with van der Waals surface area (Å²) in [5.41, 5.74) is 10.5. The summed E-state index contributed by atoms with van der Waals surface area (Å²) in [6.07, 6.45) is -0.200. The first-order chi connectivity index (χ1) is 9.68. The summed E-state index contributed by atoms with van der Waals surface area (Å²) >= 11 is 3.86. The number of primary amides is 1. The van der Waals surface area contributed by atoms with Gasteiger partial charge < -0.3 is 27.2 Å².